The van der Waals surface area contributed by atoms with Crippen LogP contribution in [0.2, 0.25) is 0 Å². The smallest absolute Gasteiger partial charge is 0.162 e. The second-order valence-electron chi connectivity index (χ2n) is 18.1. The first kappa shape index (κ1) is 39.1. The minimum atomic E-state index is 0.692. The molecule has 0 spiro atoms. The molecule has 0 saturated heterocycles. The highest BCUT2D eigenvalue weighted by Crippen LogP contribution is 2.48. The van der Waals surface area contributed by atoms with Crippen molar-refractivity contribution in [3.63, 3.8) is 0 Å². The number of nitrogens with zero attached hydrogens (tertiary/aromatic N) is 4. The van der Waals surface area contributed by atoms with E-state index in [0.29, 0.717) is 5.82 Å². The number of benzene rings is 10. The zero-order chi connectivity index (χ0) is 45.4. The second-order valence-corrected chi connectivity index (χ2v) is 18.1. The number of hydrogen-bond donors (Lipinski definition) is 0. The van der Waals surface area contributed by atoms with Crippen molar-refractivity contribution >= 4 is 43.6 Å². The van der Waals surface area contributed by atoms with E-state index in [1.807, 2.05) is 24.3 Å². The summed E-state index contributed by atoms with van der Waals surface area (Å²) >= 11 is 0. The van der Waals surface area contributed by atoms with E-state index in [4.69, 9.17) is 9.97 Å². The van der Waals surface area contributed by atoms with Crippen LogP contribution in [-0.2, 0) is 6.42 Å². The highest BCUT2D eigenvalue weighted by Gasteiger charge is 2.27. The number of aromatic nitrogens is 4. The Morgan fingerprint density at radius 3 is 1.52 bits per heavy atom. The van der Waals surface area contributed by atoms with Gasteiger partial charge in [-0.15, -0.1) is 0 Å². The van der Waals surface area contributed by atoms with Gasteiger partial charge < -0.3 is 4.57 Å². The predicted octanol–water partition coefficient (Wildman–Crippen LogP) is 16.6. The maximum atomic E-state index is 5.33. The van der Waals surface area contributed by atoms with Gasteiger partial charge in [0, 0.05) is 44.4 Å². The third-order valence-corrected chi connectivity index (χ3v) is 14.2. The van der Waals surface area contributed by atoms with Gasteiger partial charge in [0.05, 0.1) is 27.8 Å². The lowest BCUT2D eigenvalue weighted by Gasteiger charge is -2.13. The van der Waals surface area contributed by atoms with Crippen molar-refractivity contribution < 1.29 is 0 Å². The molecule has 14 rings (SSSR count). The first-order valence-electron chi connectivity index (χ1n) is 23.7. The summed E-state index contributed by atoms with van der Waals surface area (Å²) in [5.74, 6) is 1.52. The second kappa shape index (κ2) is 15.8. The van der Waals surface area contributed by atoms with Crippen molar-refractivity contribution in [2.75, 3.05) is 0 Å². The largest absolute Gasteiger partial charge is 0.309 e. The molecule has 1 aliphatic carbocycles. The molecule has 69 heavy (non-hydrogen) atoms. The van der Waals surface area contributed by atoms with E-state index in [9.17, 15) is 0 Å². The SMILES string of the molecule is c1ccc(-c2cc(-c3ccccc3)c3c(c2)-c2cccc(-c4cccc(-n5c6ccccc6c6c7c8ccccc8n(-c8cc(-c9ccccc9)nc(-c9ccccc9)n8)c7ccc65)c4)c2C3)cc1. The molecule has 4 heteroatoms. The minimum Gasteiger partial charge on any atom is -0.309 e. The fraction of sp³-hybridized carbons (Fsp3) is 0.0154. The third kappa shape index (κ3) is 6.30. The first-order valence-corrected chi connectivity index (χ1v) is 23.7. The molecule has 0 bridgehead atoms. The molecule has 0 fully saturated rings. The van der Waals surface area contributed by atoms with Gasteiger partial charge in [-0.25, -0.2) is 9.97 Å². The molecule has 0 amide bonds. The Hall–Kier alpha value is -9.12. The standard InChI is InChI=1S/C65H42N4/c1-5-19-42(20-6-1)47-38-53(43-21-7-2-8-22-43)56-40-55-49(31-18-32-50(55)54(56)39-47)46-27-17-28-48(37-46)68-58-33-15-13-29-51(58)63-60(68)35-36-61-64(63)52-30-14-16-34-59(52)69(61)62-41-57(44-23-9-3-10-24-44)66-65(67-62)45-25-11-4-12-26-45/h1-39,41H,40H2. The van der Waals surface area contributed by atoms with Crippen LogP contribution >= 0.6 is 0 Å². The van der Waals surface area contributed by atoms with Crippen molar-refractivity contribution in [1.29, 1.82) is 0 Å². The number of rotatable bonds is 7. The number of fused-ring (bicyclic) bond motifs is 10. The molecule has 322 valence electrons. The summed E-state index contributed by atoms with van der Waals surface area (Å²) in [7, 11) is 0. The summed E-state index contributed by atoms with van der Waals surface area (Å²) in [4.78, 5) is 10.5. The predicted molar refractivity (Wildman–Crippen MR) is 286 cm³/mol. The molecule has 0 saturated carbocycles. The molecule has 3 aromatic heterocycles. The lowest BCUT2D eigenvalue weighted by Crippen LogP contribution is -2.02. The zero-order valence-electron chi connectivity index (χ0n) is 37.6. The summed E-state index contributed by atoms with van der Waals surface area (Å²) in [6.07, 6.45) is 0.869. The lowest BCUT2D eigenvalue weighted by atomic mass is 9.91. The fourth-order valence-corrected chi connectivity index (χ4v) is 11.1. The highest BCUT2D eigenvalue weighted by atomic mass is 15.1. The molecule has 0 radical (unpaired) electrons. The molecule has 10 aromatic carbocycles. The van der Waals surface area contributed by atoms with Crippen molar-refractivity contribution in [1.82, 2.24) is 19.1 Å². The van der Waals surface area contributed by atoms with E-state index in [2.05, 4.69) is 228 Å². The summed E-state index contributed by atoms with van der Waals surface area (Å²) in [6.45, 7) is 0. The third-order valence-electron chi connectivity index (χ3n) is 14.2. The lowest BCUT2D eigenvalue weighted by molar-refractivity contribution is 1.05. The molecule has 1 aliphatic rings. The van der Waals surface area contributed by atoms with Crippen molar-refractivity contribution in [2.45, 2.75) is 6.42 Å². The molecular formula is C65H42N4. The van der Waals surface area contributed by atoms with Crippen molar-refractivity contribution in [3.05, 3.63) is 254 Å². The van der Waals surface area contributed by atoms with Crippen LogP contribution in [0, 0.1) is 0 Å². The van der Waals surface area contributed by atoms with Gasteiger partial charge in [-0.1, -0.05) is 188 Å². The molecule has 3 heterocycles. The van der Waals surface area contributed by atoms with E-state index in [1.54, 1.807) is 0 Å². The van der Waals surface area contributed by atoms with Gasteiger partial charge in [-0.3, -0.25) is 4.57 Å². The van der Waals surface area contributed by atoms with Crippen LogP contribution in [0.5, 0.6) is 0 Å². The zero-order valence-corrected chi connectivity index (χ0v) is 37.6. The topological polar surface area (TPSA) is 35.6 Å². The fourth-order valence-electron chi connectivity index (χ4n) is 11.1. The normalized spacial score (nSPS) is 12.0. The minimum absolute atomic E-state index is 0.692. The van der Waals surface area contributed by atoms with Crippen molar-refractivity contribution in [3.8, 4) is 78.7 Å². The van der Waals surface area contributed by atoms with E-state index in [-0.39, 0.29) is 0 Å². The summed E-state index contributed by atoms with van der Waals surface area (Å²) in [6, 6.07) is 87.6. The Bertz CT molecular complexity index is 4070. The van der Waals surface area contributed by atoms with Crippen LogP contribution in [0.15, 0.2) is 243 Å². The molecule has 4 nitrogen and oxygen atoms in total. The van der Waals surface area contributed by atoms with Gasteiger partial charge in [0.25, 0.3) is 0 Å². The van der Waals surface area contributed by atoms with Crippen LogP contribution in [-0.4, -0.2) is 19.1 Å². The Labute approximate surface area is 399 Å². The first-order chi connectivity index (χ1) is 34.2. The Kier molecular flexibility index (Phi) is 8.93. The van der Waals surface area contributed by atoms with Gasteiger partial charge in [0.2, 0.25) is 0 Å². The van der Waals surface area contributed by atoms with E-state index in [0.717, 1.165) is 51.3 Å². The van der Waals surface area contributed by atoms with Crippen LogP contribution in [0.1, 0.15) is 11.1 Å². The van der Waals surface area contributed by atoms with Gasteiger partial charge >= 0.3 is 0 Å². The monoisotopic (exact) mass is 878 g/mol. The van der Waals surface area contributed by atoms with Crippen LogP contribution in [0.25, 0.3) is 122 Å². The Morgan fingerprint density at radius 2 is 0.826 bits per heavy atom. The number of para-hydroxylation sites is 2. The summed E-state index contributed by atoms with van der Waals surface area (Å²) < 4.78 is 4.79. The molecule has 0 atom stereocenters. The Morgan fingerprint density at radius 1 is 0.304 bits per heavy atom. The van der Waals surface area contributed by atoms with Crippen LogP contribution in [0.4, 0.5) is 0 Å². The quantitative estimate of drug-likeness (QED) is 0.160. The maximum absolute atomic E-state index is 5.33. The molecule has 0 aliphatic heterocycles. The van der Waals surface area contributed by atoms with Gasteiger partial charge in [0.15, 0.2) is 5.82 Å². The van der Waals surface area contributed by atoms with Gasteiger partial charge in [0.1, 0.15) is 5.82 Å². The van der Waals surface area contributed by atoms with Crippen molar-refractivity contribution in [2.24, 2.45) is 0 Å². The summed E-state index contributed by atoms with van der Waals surface area (Å²) in [5, 5.41) is 4.82. The average Bonchev–Trinajstić information content (AvgIpc) is 4.09. The summed E-state index contributed by atoms with van der Waals surface area (Å²) in [5.41, 5.74) is 21.4. The highest BCUT2D eigenvalue weighted by molar-refractivity contribution is 6.29. The molecule has 13 aromatic rings. The Balaban J connectivity index is 0.947. The molecule has 0 unspecified atom stereocenters. The average molecular weight is 879 g/mol. The van der Waals surface area contributed by atoms with Crippen LogP contribution in [0.3, 0.4) is 0 Å². The van der Waals surface area contributed by atoms with Gasteiger partial charge in [-0.05, 0) is 111 Å². The van der Waals surface area contributed by atoms with Crippen LogP contribution < -0.4 is 0 Å². The number of hydrogen-bond acceptors (Lipinski definition) is 2. The maximum Gasteiger partial charge on any atom is 0.162 e. The molecule has 0 N–H and O–H groups in total. The van der Waals surface area contributed by atoms with E-state index < -0.39 is 0 Å². The van der Waals surface area contributed by atoms with E-state index >= 15 is 0 Å². The van der Waals surface area contributed by atoms with Gasteiger partial charge in [-0.2, -0.15) is 0 Å². The molecular weight excluding hydrogens is 837 g/mol. The van der Waals surface area contributed by atoms with E-state index in [1.165, 1.54) is 82.7 Å².